The Morgan fingerprint density at radius 2 is 2.10 bits per heavy atom. The van der Waals surface area contributed by atoms with E-state index in [1.807, 2.05) is 0 Å². The molecule has 1 aromatic rings. The first-order valence-corrected chi connectivity index (χ1v) is 8.02. The second kappa shape index (κ2) is 6.53. The summed E-state index contributed by atoms with van der Waals surface area (Å²) < 4.78 is 0.821. The summed E-state index contributed by atoms with van der Waals surface area (Å²) in [5.41, 5.74) is -0.820. The largest absolute Gasteiger partial charge is 0.481 e. The Morgan fingerprint density at radius 3 is 2.65 bits per heavy atom. The molecule has 1 heterocycles. The van der Waals surface area contributed by atoms with E-state index in [4.69, 9.17) is 0 Å². The third-order valence-corrected chi connectivity index (χ3v) is 4.94. The van der Waals surface area contributed by atoms with Gasteiger partial charge in [-0.2, -0.15) is 0 Å². The summed E-state index contributed by atoms with van der Waals surface area (Å²) in [5.74, 6) is -0.825. The van der Waals surface area contributed by atoms with Crippen LogP contribution in [-0.4, -0.2) is 28.6 Å². The van der Waals surface area contributed by atoms with Crippen molar-refractivity contribution in [3.05, 3.63) is 9.98 Å². The van der Waals surface area contributed by atoms with Crippen LogP contribution in [-0.2, 0) is 4.79 Å². The maximum absolute atomic E-state index is 11.8. The number of carbonyl (C=O) groups is 2. The molecule has 6 nitrogen and oxygen atoms in total. The number of amides is 2. The number of carboxylic acids is 1. The molecule has 8 heteroatoms. The Hall–Kier alpha value is -1.15. The van der Waals surface area contributed by atoms with Crippen LogP contribution in [0.15, 0.2) is 9.98 Å². The van der Waals surface area contributed by atoms with Gasteiger partial charge in [0.2, 0.25) is 0 Å². The first kappa shape index (κ1) is 15.2. The lowest BCUT2D eigenvalue weighted by Crippen LogP contribution is -2.45. The Labute approximate surface area is 129 Å². The lowest BCUT2D eigenvalue weighted by atomic mass is 9.74. The van der Waals surface area contributed by atoms with Crippen molar-refractivity contribution < 1.29 is 14.7 Å². The zero-order valence-electron chi connectivity index (χ0n) is 10.8. The normalized spacial score (nSPS) is 17.4. The van der Waals surface area contributed by atoms with E-state index in [2.05, 4.69) is 31.5 Å². The van der Waals surface area contributed by atoms with Crippen molar-refractivity contribution in [3.8, 4) is 0 Å². The molecule has 3 N–H and O–H groups in total. The Kier molecular flexibility index (Phi) is 4.98. The third-order valence-electron chi connectivity index (χ3n) is 3.55. The molecule has 0 spiro atoms. The highest BCUT2D eigenvalue weighted by atomic mass is 79.9. The van der Waals surface area contributed by atoms with Gasteiger partial charge in [0.05, 0.1) is 15.4 Å². The first-order valence-electron chi connectivity index (χ1n) is 6.41. The monoisotopic (exact) mass is 361 g/mol. The van der Waals surface area contributed by atoms with Gasteiger partial charge in [0.15, 0.2) is 5.13 Å². The molecule has 1 fully saturated rings. The molecule has 0 radical (unpaired) electrons. The lowest BCUT2D eigenvalue weighted by Gasteiger charge is -2.33. The molecule has 2 amide bonds. The van der Waals surface area contributed by atoms with Crippen LogP contribution in [0.5, 0.6) is 0 Å². The number of nitrogens with one attached hydrogen (secondary N) is 2. The van der Waals surface area contributed by atoms with Gasteiger partial charge in [-0.05, 0) is 28.8 Å². The van der Waals surface area contributed by atoms with Gasteiger partial charge in [-0.15, -0.1) is 0 Å². The minimum atomic E-state index is -0.825. The summed E-state index contributed by atoms with van der Waals surface area (Å²) in [7, 11) is 0. The van der Waals surface area contributed by atoms with Crippen LogP contribution in [0.2, 0.25) is 0 Å². The molecule has 110 valence electrons. The van der Waals surface area contributed by atoms with E-state index >= 15 is 0 Å². The molecule has 20 heavy (non-hydrogen) atoms. The minimum Gasteiger partial charge on any atom is -0.481 e. The van der Waals surface area contributed by atoms with Crippen LogP contribution >= 0.6 is 27.3 Å². The van der Waals surface area contributed by atoms with Crippen molar-refractivity contribution in [2.75, 3.05) is 11.9 Å². The number of aliphatic carboxylic acids is 1. The van der Waals surface area contributed by atoms with Crippen LogP contribution in [0.3, 0.4) is 0 Å². The van der Waals surface area contributed by atoms with Gasteiger partial charge >= 0.3 is 12.0 Å². The standard InChI is InChI=1S/C12H16BrN3O3S/c13-8-6-14-11(20-8)16-10(19)15-7-12(9(17)18)4-2-1-3-5-12/h6H,1-5,7H2,(H,17,18)(H2,14,15,16,19). The van der Waals surface area contributed by atoms with E-state index in [0.717, 1.165) is 23.0 Å². The summed E-state index contributed by atoms with van der Waals surface area (Å²) >= 11 is 4.56. The molecule has 0 aliphatic heterocycles. The number of rotatable bonds is 4. The number of thiazole rings is 1. The lowest BCUT2D eigenvalue weighted by molar-refractivity contribution is -0.150. The summed E-state index contributed by atoms with van der Waals surface area (Å²) in [6.07, 6.45) is 5.69. The van der Waals surface area contributed by atoms with Crippen molar-refractivity contribution in [1.82, 2.24) is 10.3 Å². The number of hydrogen-bond donors (Lipinski definition) is 3. The number of hydrogen-bond acceptors (Lipinski definition) is 4. The molecule has 0 bridgehead atoms. The second-order valence-corrected chi connectivity index (χ2v) is 7.33. The average molecular weight is 362 g/mol. The molecule has 1 aromatic heterocycles. The predicted molar refractivity (Wildman–Crippen MR) is 80.0 cm³/mol. The molecule has 0 aromatic carbocycles. The van der Waals surface area contributed by atoms with Crippen LogP contribution in [0.25, 0.3) is 0 Å². The van der Waals surface area contributed by atoms with Crippen molar-refractivity contribution in [1.29, 1.82) is 0 Å². The van der Waals surface area contributed by atoms with E-state index in [1.165, 1.54) is 11.3 Å². The van der Waals surface area contributed by atoms with E-state index in [0.29, 0.717) is 18.0 Å². The van der Waals surface area contributed by atoms with Gasteiger partial charge in [0, 0.05) is 6.54 Å². The van der Waals surface area contributed by atoms with Crippen molar-refractivity contribution in [2.45, 2.75) is 32.1 Å². The maximum atomic E-state index is 11.8. The molecule has 0 atom stereocenters. The zero-order chi connectivity index (χ0) is 14.6. The summed E-state index contributed by atoms with van der Waals surface area (Å²) in [6, 6.07) is -0.418. The Morgan fingerprint density at radius 1 is 1.40 bits per heavy atom. The SMILES string of the molecule is O=C(NCC1(C(=O)O)CCCCC1)Nc1ncc(Br)s1. The van der Waals surface area contributed by atoms with E-state index in [1.54, 1.807) is 6.20 Å². The quantitative estimate of drug-likeness (QED) is 0.768. The highest BCUT2D eigenvalue weighted by molar-refractivity contribution is 9.11. The number of aromatic nitrogens is 1. The van der Waals surface area contributed by atoms with Gasteiger partial charge in [-0.3, -0.25) is 10.1 Å². The first-order chi connectivity index (χ1) is 9.52. The molecule has 0 unspecified atom stereocenters. The van der Waals surface area contributed by atoms with Gasteiger partial charge < -0.3 is 10.4 Å². The Bertz CT molecular complexity index is 500. The molecule has 1 aliphatic rings. The summed E-state index contributed by atoms with van der Waals surface area (Å²) in [5, 5.41) is 15.1. The average Bonchev–Trinajstić information content (AvgIpc) is 2.83. The molecular weight excluding hydrogens is 346 g/mol. The van der Waals surface area contributed by atoms with Crippen LogP contribution < -0.4 is 10.6 Å². The van der Waals surface area contributed by atoms with Crippen LogP contribution in [0, 0.1) is 5.41 Å². The number of carbonyl (C=O) groups excluding carboxylic acids is 1. The number of anilines is 1. The van der Waals surface area contributed by atoms with Gasteiger partial charge in [0.25, 0.3) is 0 Å². The van der Waals surface area contributed by atoms with Crippen molar-refractivity contribution in [3.63, 3.8) is 0 Å². The van der Waals surface area contributed by atoms with Gasteiger partial charge in [-0.25, -0.2) is 9.78 Å². The maximum Gasteiger partial charge on any atom is 0.321 e. The topological polar surface area (TPSA) is 91.3 Å². The third kappa shape index (κ3) is 3.69. The minimum absolute atomic E-state index is 0.153. The highest BCUT2D eigenvalue weighted by Crippen LogP contribution is 2.36. The van der Waals surface area contributed by atoms with Crippen molar-refractivity contribution >= 4 is 44.4 Å². The predicted octanol–water partition coefficient (Wildman–Crippen LogP) is 3.06. The highest BCUT2D eigenvalue weighted by Gasteiger charge is 2.39. The number of nitrogens with zero attached hydrogens (tertiary/aromatic N) is 1. The number of urea groups is 1. The van der Waals surface area contributed by atoms with Gasteiger partial charge in [0.1, 0.15) is 0 Å². The number of halogens is 1. The molecule has 0 saturated heterocycles. The fraction of sp³-hybridized carbons (Fsp3) is 0.583. The molecule has 1 saturated carbocycles. The fourth-order valence-corrected chi connectivity index (χ4v) is 3.50. The summed E-state index contributed by atoms with van der Waals surface area (Å²) in [4.78, 5) is 27.2. The second-order valence-electron chi connectivity index (χ2n) is 4.92. The van der Waals surface area contributed by atoms with E-state index < -0.39 is 17.4 Å². The molecular formula is C12H16BrN3O3S. The van der Waals surface area contributed by atoms with E-state index in [9.17, 15) is 14.7 Å². The molecule has 2 rings (SSSR count). The van der Waals surface area contributed by atoms with Crippen LogP contribution in [0.4, 0.5) is 9.93 Å². The molecule has 1 aliphatic carbocycles. The van der Waals surface area contributed by atoms with Gasteiger partial charge in [-0.1, -0.05) is 30.6 Å². The van der Waals surface area contributed by atoms with Crippen molar-refractivity contribution in [2.24, 2.45) is 5.41 Å². The van der Waals surface area contributed by atoms with E-state index in [-0.39, 0.29) is 6.54 Å². The number of carboxylic acid groups (broad SMARTS) is 1. The smallest absolute Gasteiger partial charge is 0.321 e. The Balaban J connectivity index is 1.89. The summed E-state index contributed by atoms with van der Waals surface area (Å²) in [6.45, 7) is 0.153. The van der Waals surface area contributed by atoms with Crippen LogP contribution in [0.1, 0.15) is 32.1 Å². The fourth-order valence-electron chi connectivity index (χ4n) is 2.40. The zero-order valence-corrected chi connectivity index (χ0v) is 13.2.